The zero-order chi connectivity index (χ0) is 16.8. The fourth-order valence-electron chi connectivity index (χ4n) is 2.22. The van der Waals surface area contributed by atoms with Gasteiger partial charge in [-0.1, -0.05) is 43.0 Å². The van der Waals surface area contributed by atoms with E-state index in [9.17, 15) is 9.90 Å². The zero-order valence-corrected chi connectivity index (χ0v) is 14.3. The molecule has 0 fully saturated rings. The quantitative estimate of drug-likeness (QED) is 0.700. The van der Waals surface area contributed by atoms with Crippen molar-refractivity contribution >= 4 is 29.2 Å². The van der Waals surface area contributed by atoms with Gasteiger partial charge in [0.05, 0.1) is 16.6 Å². The summed E-state index contributed by atoms with van der Waals surface area (Å²) < 4.78 is 5.74. The van der Waals surface area contributed by atoms with Gasteiger partial charge < -0.3 is 9.52 Å². The summed E-state index contributed by atoms with van der Waals surface area (Å²) in [6.07, 6.45) is 2.44. The summed E-state index contributed by atoms with van der Waals surface area (Å²) in [7, 11) is 0. The van der Waals surface area contributed by atoms with Gasteiger partial charge in [0.2, 0.25) is 0 Å². The first-order chi connectivity index (χ1) is 11.0. The van der Waals surface area contributed by atoms with E-state index in [4.69, 9.17) is 27.6 Å². The van der Waals surface area contributed by atoms with E-state index in [1.165, 1.54) is 0 Å². The molecule has 1 atom stereocenters. The average Bonchev–Trinajstić information content (AvgIpc) is 2.98. The highest BCUT2D eigenvalue weighted by Gasteiger charge is 2.16. The van der Waals surface area contributed by atoms with Crippen LogP contribution < -0.4 is 5.32 Å². The molecule has 0 radical (unpaired) electrons. The molecule has 0 aliphatic carbocycles. The van der Waals surface area contributed by atoms with E-state index in [0.29, 0.717) is 34.5 Å². The molecule has 1 unspecified atom stereocenters. The van der Waals surface area contributed by atoms with Crippen LogP contribution in [0, 0.1) is 0 Å². The fraction of sp³-hybridized carbons (Fsp3) is 0.353. The first-order valence-corrected chi connectivity index (χ1v) is 8.27. The lowest BCUT2D eigenvalue weighted by Crippen LogP contribution is -2.36. The van der Waals surface area contributed by atoms with Crippen LogP contribution in [0.15, 0.2) is 34.7 Å². The molecule has 0 saturated heterocycles. The SMILES string of the molecule is CCCCC(NCc1ccc(-c2ccc(Cl)c(Cl)c2)o1)C(=O)O. The van der Waals surface area contributed by atoms with Gasteiger partial charge in [0.1, 0.15) is 17.6 Å². The minimum atomic E-state index is -0.838. The van der Waals surface area contributed by atoms with E-state index in [-0.39, 0.29) is 0 Å². The van der Waals surface area contributed by atoms with Crippen LogP contribution in [0.5, 0.6) is 0 Å². The van der Waals surface area contributed by atoms with Crippen LogP contribution in [0.1, 0.15) is 31.9 Å². The molecule has 0 saturated carbocycles. The Morgan fingerprint density at radius 1 is 1.26 bits per heavy atom. The molecule has 0 aliphatic rings. The van der Waals surface area contributed by atoms with Gasteiger partial charge in [-0.05, 0) is 36.8 Å². The molecule has 1 aromatic heterocycles. The summed E-state index contributed by atoms with van der Waals surface area (Å²) in [5.41, 5.74) is 0.825. The van der Waals surface area contributed by atoms with Crippen molar-refractivity contribution in [2.45, 2.75) is 38.8 Å². The molecule has 0 bridgehead atoms. The Morgan fingerprint density at radius 2 is 2.04 bits per heavy atom. The normalized spacial score (nSPS) is 12.3. The number of carbonyl (C=O) groups is 1. The number of hydrogen-bond acceptors (Lipinski definition) is 3. The van der Waals surface area contributed by atoms with Gasteiger partial charge in [0, 0.05) is 5.56 Å². The van der Waals surface area contributed by atoms with Crippen molar-refractivity contribution in [3.8, 4) is 11.3 Å². The highest BCUT2D eigenvalue weighted by Crippen LogP contribution is 2.29. The van der Waals surface area contributed by atoms with Gasteiger partial charge in [0.25, 0.3) is 0 Å². The Labute approximate surface area is 145 Å². The van der Waals surface area contributed by atoms with Crippen LogP contribution in [0.25, 0.3) is 11.3 Å². The standard InChI is InChI=1S/C17H19Cl2NO3/c1-2-3-4-15(17(21)22)20-10-12-6-8-16(23-12)11-5-7-13(18)14(19)9-11/h5-9,15,20H,2-4,10H2,1H3,(H,21,22). The van der Waals surface area contributed by atoms with E-state index >= 15 is 0 Å². The van der Waals surface area contributed by atoms with Crippen molar-refractivity contribution in [2.24, 2.45) is 0 Å². The Kier molecular flexibility index (Phi) is 6.51. The second-order valence-electron chi connectivity index (χ2n) is 5.31. The first kappa shape index (κ1) is 17.9. The lowest BCUT2D eigenvalue weighted by molar-refractivity contribution is -0.139. The Bertz CT molecular complexity index is 670. The number of rotatable bonds is 8. The Balaban J connectivity index is 2.01. The predicted octanol–water partition coefficient (Wildman–Crippen LogP) is 4.99. The highest BCUT2D eigenvalue weighted by atomic mass is 35.5. The van der Waals surface area contributed by atoms with Crippen LogP contribution in [0.4, 0.5) is 0 Å². The molecular weight excluding hydrogens is 337 g/mol. The summed E-state index contributed by atoms with van der Waals surface area (Å²) >= 11 is 11.9. The van der Waals surface area contributed by atoms with Gasteiger partial charge in [-0.25, -0.2) is 0 Å². The molecule has 6 heteroatoms. The van der Waals surface area contributed by atoms with Crippen molar-refractivity contribution in [1.82, 2.24) is 5.32 Å². The van der Waals surface area contributed by atoms with E-state index in [1.807, 2.05) is 25.1 Å². The zero-order valence-electron chi connectivity index (χ0n) is 12.8. The maximum atomic E-state index is 11.2. The second kappa shape index (κ2) is 8.39. The fourth-order valence-corrected chi connectivity index (χ4v) is 2.52. The van der Waals surface area contributed by atoms with Crippen molar-refractivity contribution in [3.63, 3.8) is 0 Å². The molecule has 1 heterocycles. The summed E-state index contributed by atoms with van der Waals surface area (Å²) in [6.45, 7) is 2.40. The first-order valence-electron chi connectivity index (χ1n) is 7.51. The maximum absolute atomic E-state index is 11.2. The smallest absolute Gasteiger partial charge is 0.320 e. The minimum Gasteiger partial charge on any atom is -0.480 e. The summed E-state index contributed by atoms with van der Waals surface area (Å²) in [5, 5.41) is 13.2. The van der Waals surface area contributed by atoms with Crippen molar-refractivity contribution in [2.75, 3.05) is 0 Å². The summed E-state index contributed by atoms with van der Waals surface area (Å²) in [5.74, 6) is 0.504. The molecule has 0 aliphatic heterocycles. The van der Waals surface area contributed by atoms with Gasteiger partial charge in [-0.2, -0.15) is 0 Å². The number of benzene rings is 1. The molecule has 2 aromatic rings. The van der Waals surface area contributed by atoms with Crippen molar-refractivity contribution in [3.05, 3.63) is 46.1 Å². The van der Waals surface area contributed by atoms with E-state index < -0.39 is 12.0 Å². The van der Waals surface area contributed by atoms with Crippen molar-refractivity contribution in [1.29, 1.82) is 0 Å². The molecule has 0 amide bonds. The summed E-state index contributed by atoms with van der Waals surface area (Å²) in [6, 6.07) is 8.37. The van der Waals surface area contributed by atoms with Gasteiger partial charge in [-0.3, -0.25) is 10.1 Å². The predicted molar refractivity (Wildman–Crippen MR) is 92.0 cm³/mol. The number of nitrogens with one attached hydrogen (secondary N) is 1. The van der Waals surface area contributed by atoms with Gasteiger partial charge in [0.15, 0.2) is 0 Å². The largest absolute Gasteiger partial charge is 0.480 e. The molecule has 2 rings (SSSR count). The molecule has 0 spiro atoms. The lowest BCUT2D eigenvalue weighted by Gasteiger charge is -2.12. The Hall–Kier alpha value is -1.49. The molecule has 2 N–H and O–H groups in total. The van der Waals surface area contributed by atoms with E-state index in [0.717, 1.165) is 18.4 Å². The third kappa shape index (κ3) is 4.99. The third-order valence-electron chi connectivity index (χ3n) is 3.53. The van der Waals surface area contributed by atoms with Crippen LogP contribution in [-0.4, -0.2) is 17.1 Å². The number of hydrogen-bond donors (Lipinski definition) is 2. The van der Waals surface area contributed by atoms with Crippen LogP contribution in [0.3, 0.4) is 0 Å². The molecular formula is C17H19Cl2NO3. The highest BCUT2D eigenvalue weighted by molar-refractivity contribution is 6.42. The van der Waals surface area contributed by atoms with Crippen LogP contribution in [-0.2, 0) is 11.3 Å². The maximum Gasteiger partial charge on any atom is 0.320 e. The Morgan fingerprint density at radius 3 is 2.70 bits per heavy atom. The van der Waals surface area contributed by atoms with E-state index in [2.05, 4.69) is 5.32 Å². The molecule has 23 heavy (non-hydrogen) atoms. The van der Waals surface area contributed by atoms with Crippen molar-refractivity contribution < 1.29 is 14.3 Å². The summed E-state index contributed by atoms with van der Waals surface area (Å²) in [4.78, 5) is 11.2. The second-order valence-corrected chi connectivity index (χ2v) is 6.12. The van der Waals surface area contributed by atoms with Crippen LogP contribution >= 0.6 is 23.2 Å². The molecule has 4 nitrogen and oxygen atoms in total. The van der Waals surface area contributed by atoms with Crippen LogP contribution in [0.2, 0.25) is 10.0 Å². The third-order valence-corrected chi connectivity index (χ3v) is 4.27. The number of halogens is 2. The van der Waals surface area contributed by atoms with Gasteiger partial charge >= 0.3 is 5.97 Å². The monoisotopic (exact) mass is 355 g/mol. The number of aliphatic carboxylic acids is 1. The molecule has 1 aromatic carbocycles. The number of furan rings is 1. The number of unbranched alkanes of at least 4 members (excludes halogenated alkanes) is 1. The topological polar surface area (TPSA) is 62.5 Å². The number of carboxylic acid groups (broad SMARTS) is 1. The van der Waals surface area contributed by atoms with E-state index in [1.54, 1.807) is 12.1 Å². The minimum absolute atomic E-state index is 0.363. The lowest BCUT2D eigenvalue weighted by atomic mass is 10.1. The number of carboxylic acids is 1. The van der Waals surface area contributed by atoms with Gasteiger partial charge in [-0.15, -0.1) is 0 Å². The average molecular weight is 356 g/mol. The molecule has 124 valence electrons.